The van der Waals surface area contributed by atoms with Gasteiger partial charge in [0.2, 0.25) is 5.91 Å². The van der Waals surface area contributed by atoms with Crippen molar-refractivity contribution >= 4 is 40.6 Å². The Balaban J connectivity index is 1.40. The number of carbonyl (C=O) groups excluding carboxylic acids is 2. The summed E-state index contributed by atoms with van der Waals surface area (Å²) < 4.78 is 0. The van der Waals surface area contributed by atoms with E-state index in [4.69, 9.17) is 0 Å². The van der Waals surface area contributed by atoms with Crippen molar-refractivity contribution in [3.05, 3.63) is 88.0 Å². The summed E-state index contributed by atoms with van der Waals surface area (Å²) in [4.78, 5) is 40.3. The Hall–Kier alpha value is -3.65. The van der Waals surface area contributed by atoms with Crippen molar-refractivity contribution in [2.24, 2.45) is 0 Å². The molecule has 0 radical (unpaired) electrons. The number of carbonyl (C=O) groups is 2. The van der Waals surface area contributed by atoms with E-state index in [1.54, 1.807) is 23.9 Å². The summed E-state index contributed by atoms with van der Waals surface area (Å²) in [6, 6.07) is 19.5. The number of nitrogens with zero attached hydrogens (tertiary/aromatic N) is 2. The number of anilines is 2. The molecule has 0 atom stereocenters. The van der Waals surface area contributed by atoms with E-state index < -0.39 is 4.92 Å². The minimum Gasteiger partial charge on any atom is -0.326 e. The smallest absolute Gasteiger partial charge is 0.269 e. The second-order valence-corrected chi connectivity index (χ2v) is 9.63. The number of non-ortho nitro benzene ring substituents is 1. The highest BCUT2D eigenvalue weighted by atomic mass is 32.2. The average Bonchev–Trinajstić information content (AvgIpc) is 3.32. The van der Waals surface area contributed by atoms with Gasteiger partial charge in [-0.15, -0.1) is 0 Å². The molecule has 2 amide bonds. The highest BCUT2D eigenvalue weighted by Crippen LogP contribution is 2.44. The Bertz CT molecular complexity index is 1270. The van der Waals surface area contributed by atoms with Crippen molar-refractivity contribution in [3.63, 3.8) is 0 Å². The van der Waals surface area contributed by atoms with Gasteiger partial charge in [0.1, 0.15) is 0 Å². The summed E-state index contributed by atoms with van der Waals surface area (Å²) in [5.74, 6) is -0.180. The van der Waals surface area contributed by atoms with E-state index in [1.165, 1.54) is 12.1 Å². The van der Waals surface area contributed by atoms with Crippen molar-refractivity contribution in [1.82, 2.24) is 0 Å². The van der Waals surface area contributed by atoms with E-state index in [0.29, 0.717) is 16.8 Å². The zero-order valence-electron chi connectivity index (χ0n) is 18.4. The van der Waals surface area contributed by atoms with Crippen LogP contribution in [0.5, 0.6) is 0 Å². The molecule has 34 heavy (non-hydrogen) atoms. The largest absolute Gasteiger partial charge is 0.326 e. The van der Waals surface area contributed by atoms with Gasteiger partial charge < -0.3 is 10.2 Å². The van der Waals surface area contributed by atoms with Crippen LogP contribution in [0.2, 0.25) is 0 Å². The van der Waals surface area contributed by atoms with Crippen molar-refractivity contribution in [2.75, 3.05) is 10.2 Å². The van der Waals surface area contributed by atoms with Crippen LogP contribution < -0.4 is 10.2 Å². The number of nitrogens with one attached hydrogen (secondary N) is 1. The van der Waals surface area contributed by atoms with Crippen LogP contribution in [0.15, 0.2) is 76.5 Å². The molecular weight excluding hydrogens is 450 g/mol. The Morgan fingerprint density at radius 1 is 1.03 bits per heavy atom. The van der Waals surface area contributed by atoms with E-state index in [-0.39, 0.29) is 30.0 Å². The number of nitro benzene ring substituents is 1. The van der Waals surface area contributed by atoms with Gasteiger partial charge in [-0.1, -0.05) is 48.9 Å². The van der Waals surface area contributed by atoms with Crippen LogP contribution in [0.1, 0.15) is 41.6 Å². The van der Waals surface area contributed by atoms with Crippen LogP contribution in [-0.2, 0) is 11.2 Å². The lowest BCUT2D eigenvalue weighted by Crippen LogP contribution is -2.39. The lowest BCUT2D eigenvalue weighted by molar-refractivity contribution is -0.384. The maximum atomic E-state index is 13.5. The molecule has 1 N–H and O–H groups in total. The average molecular weight is 474 g/mol. The molecule has 5 rings (SSSR count). The molecule has 0 unspecified atom stereocenters. The van der Waals surface area contributed by atoms with Crippen molar-refractivity contribution in [3.8, 4) is 0 Å². The molecule has 1 fully saturated rings. The Morgan fingerprint density at radius 3 is 2.50 bits per heavy atom. The van der Waals surface area contributed by atoms with Gasteiger partial charge in [0, 0.05) is 33.7 Å². The topological polar surface area (TPSA) is 92.5 Å². The molecule has 0 bridgehead atoms. The van der Waals surface area contributed by atoms with Crippen molar-refractivity contribution in [2.45, 2.75) is 47.9 Å². The van der Waals surface area contributed by atoms with Crippen molar-refractivity contribution in [1.29, 1.82) is 0 Å². The number of nitro groups is 1. The van der Waals surface area contributed by atoms with Gasteiger partial charge in [0.15, 0.2) is 0 Å². The third-order valence-electron chi connectivity index (χ3n) is 6.26. The number of hydrogen-bond donors (Lipinski definition) is 1. The van der Waals surface area contributed by atoms with Crippen molar-refractivity contribution < 1.29 is 14.5 Å². The molecule has 7 nitrogen and oxygen atoms in total. The molecule has 0 saturated heterocycles. The SMILES string of the molecule is O=C(Cc1ccc([N+](=O)[O-])cc1)Nc1ccc2c(c1)Sc1ccccc1C(=O)N2C1CCCC1. The van der Waals surface area contributed by atoms with Crippen LogP contribution in [0, 0.1) is 10.1 Å². The molecule has 172 valence electrons. The Kier molecular flexibility index (Phi) is 6.06. The van der Waals surface area contributed by atoms with Crippen LogP contribution in [0.4, 0.5) is 17.1 Å². The highest BCUT2D eigenvalue weighted by molar-refractivity contribution is 7.99. The standard InChI is InChI=1S/C26H23N3O4S/c30-25(15-17-9-12-20(13-10-17)29(32)33)27-18-11-14-22-24(16-18)34-23-8-4-3-7-21(23)26(31)28(22)19-5-1-2-6-19/h3-4,7-14,16,19H,1-2,5-6,15H2,(H,27,30). The molecule has 2 aliphatic rings. The second-order valence-electron chi connectivity index (χ2n) is 8.54. The van der Waals surface area contributed by atoms with Crippen LogP contribution >= 0.6 is 11.8 Å². The van der Waals surface area contributed by atoms with Gasteiger partial charge in [-0.2, -0.15) is 0 Å². The zero-order chi connectivity index (χ0) is 23.7. The maximum absolute atomic E-state index is 13.5. The molecule has 1 aliphatic heterocycles. The first-order valence-electron chi connectivity index (χ1n) is 11.3. The molecular formula is C26H23N3O4S. The number of amides is 2. The van der Waals surface area contributed by atoms with E-state index in [0.717, 1.165) is 41.2 Å². The number of rotatable bonds is 5. The monoisotopic (exact) mass is 473 g/mol. The fourth-order valence-electron chi connectivity index (χ4n) is 4.61. The summed E-state index contributed by atoms with van der Waals surface area (Å²) in [6.45, 7) is 0. The first kappa shape index (κ1) is 22.2. The Labute approximate surface area is 201 Å². The maximum Gasteiger partial charge on any atom is 0.269 e. The van der Waals surface area contributed by atoms with E-state index in [9.17, 15) is 19.7 Å². The molecule has 1 heterocycles. The second kappa shape index (κ2) is 9.30. The van der Waals surface area contributed by atoms with Crippen LogP contribution in [0.25, 0.3) is 0 Å². The minimum atomic E-state index is -0.463. The third-order valence-corrected chi connectivity index (χ3v) is 7.38. The summed E-state index contributed by atoms with van der Waals surface area (Å²) in [5, 5.41) is 13.7. The third kappa shape index (κ3) is 4.41. The summed E-state index contributed by atoms with van der Waals surface area (Å²) in [7, 11) is 0. The van der Waals surface area contributed by atoms with Gasteiger partial charge in [0.05, 0.1) is 22.6 Å². The van der Waals surface area contributed by atoms with Crippen LogP contribution in [-0.4, -0.2) is 22.8 Å². The van der Waals surface area contributed by atoms with Crippen LogP contribution in [0.3, 0.4) is 0 Å². The van der Waals surface area contributed by atoms with Gasteiger partial charge in [0.25, 0.3) is 11.6 Å². The summed E-state index contributed by atoms with van der Waals surface area (Å²) in [5.41, 5.74) is 2.93. The molecule has 0 aromatic heterocycles. The van der Waals surface area contributed by atoms with E-state index >= 15 is 0 Å². The van der Waals surface area contributed by atoms with E-state index in [2.05, 4.69) is 5.32 Å². The molecule has 0 spiro atoms. The zero-order valence-corrected chi connectivity index (χ0v) is 19.2. The molecule has 8 heteroatoms. The number of hydrogen-bond acceptors (Lipinski definition) is 5. The van der Waals surface area contributed by atoms with Gasteiger partial charge in [-0.25, -0.2) is 0 Å². The number of benzene rings is 3. The molecule has 3 aromatic rings. The fourth-order valence-corrected chi connectivity index (χ4v) is 5.72. The quantitative estimate of drug-likeness (QED) is 0.372. The first-order chi connectivity index (χ1) is 16.5. The number of fused-ring (bicyclic) bond motifs is 2. The fraction of sp³-hybridized carbons (Fsp3) is 0.231. The molecule has 1 saturated carbocycles. The van der Waals surface area contributed by atoms with Gasteiger partial charge in [-0.3, -0.25) is 19.7 Å². The predicted octanol–water partition coefficient (Wildman–Crippen LogP) is 5.83. The highest BCUT2D eigenvalue weighted by Gasteiger charge is 2.34. The first-order valence-corrected chi connectivity index (χ1v) is 12.1. The Morgan fingerprint density at radius 2 is 1.76 bits per heavy atom. The van der Waals surface area contributed by atoms with E-state index in [1.807, 2.05) is 47.4 Å². The lowest BCUT2D eigenvalue weighted by atomic mass is 10.1. The lowest BCUT2D eigenvalue weighted by Gasteiger charge is -2.29. The van der Waals surface area contributed by atoms with Gasteiger partial charge >= 0.3 is 0 Å². The molecule has 1 aliphatic carbocycles. The predicted molar refractivity (Wildman–Crippen MR) is 132 cm³/mol. The minimum absolute atomic E-state index is 0.00594. The summed E-state index contributed by atoms with van der Waals surface area (Å²) in [6.07, 6.45) is 4.33. The normalized spacial score (nSPS) is 15.4. The molecule has 3 aromatic carbocycles. The van der Waals surface area contributed by atoms with Gasteiger partial charge in [-0.05, 0) is 48.7 Å². The summed E-state index contributed by atoms with van der Waals surface area (Å²) >= 11 is 1.54.